The Hall–Kier alpha value is -1.64. The van der Waals surface area contributed by atoms with Gasteiger partial charge in [-0.25, -0.2) is 4.99 Å². The first-order valence-corrected chi connectivity index (χ1v) is 10.1. The second-order valence-corrected chi connectivity index (χ2v) is 7.93. The Morgan fingerprint density at radius 2 is 1.79 bits per heavy atom. The summed E-state index contributed by atoms with van der Waals surface area (Å²) < 4.78 is 0. The molecule has 0 bridgehead atoms. The van der Waals surface area contributed by atoms with Crippen LogP contribution in [0.4, 0.5) is 5.69 Å². The summed E-state index contributed by atoms with van der Waals surface area (Å²) in [6.45, 7) is 7.77. The fraction of sp³-hybridized carbons (Fsp3) is 0.435. The Morgan fingerprint density at radius 3 is 2.45 bits per heavy atom. The fourth-order valence-corrected chi connectivity index (χ4v) is 3.43. The van der Waals surface area contributed by atoms with Crippen molar-refractivity contribution in [3.8, 4) is 0 Å². The summed E-state index contributed by atoms with van der Waals surface area (Å²) in [6, 6.07) is 16.8. The maximum absolute atomic E-state index is 9.61. The van der Waals surface area contributed by atoms with Crippen molar-refractivity contribution in [1.82, 2.24) is 4.90 Å². The number of halogens is 1. The minimum atomic E-state index is -0.122. The molecule has 2 aromatic rings. The summed E-state index contributed by atoms with van der Waals surface area (Å²) in [4.78, 5) is 6.86. The average molecular weight is 508 g/mol. The average Bonchev–Trinajstić information content (AvgIpc) is 2.69. The number of piperidine rings is 1. The van der Waals surface area contributed by atoms with E-state index in [4.69, 9.17) is 5.73 Å². The molecule has 0 amide bonds. The molecule has 0 aromatic heterocycles. The lowest BCUT2D eigenvalue weighted by Crippen LogP contribution is -2.35. The van der Waals surface area contributed by atoms with E-state index in [2.05, 4.69) is 65.5 Å². The van der Waals surface area contributed by atoms with Crippen LogP contribution in [0.25, 0.3) is 0 Å². The van der Waals surface area contributed by atoms with Gasteiger partial charge in [-0.1, -0.05) is 50.2 Å². The van der Waals surface area contributed by atoms with Crippen LogP contribution in [-0.2, 0) is 13.1 Å². The van der Waals surface area contributed by atoms with E-state index in [0.717, 1.165) is 43.7 Å². The van der Waals surface area contributed by atoms with Crippen LogP contribution in [0.3, 0.4) is 0 Å². The van der Waals surface area contributed by atoms with Crippen LogP contribution in [0.1, 0.15) is 49.3 Å². The summed E-state index contributed by atoms with van der Waals surface area (Å²) >= 11 is 0. The Morgan fingerprint density at radius 1 is 1.14 bits per heavy atom. The molecule has 4 N–H and O–H groups in total. The number of rotatable bonds is 6. The molecule has 0 aliphatic carbocycles. The number of nitrogens with zero attached hydrogens (tertiary/aromatic N) is 2. The lowest BCUT2D eigenvalue weighted by Gasteiger charge is -2.29. The molecule has 158 valence electrons. The van der Waals surface area contributed by atoms with E-state index in [0.29, 0.717) is 18.4 Å². The zero-order valence-corrected chi connectivity index (χ0v) is 19.7. The minimum Gasteiger partial charge on any atom is -0.393 e. The number of nitrogens with two attached hydrogens (primary N) is 1. The summed E-state index contributed by atoms with van der Waals surface area (Å²) in [6.07, 6.45) is 1.63. The van der Waals surface area contributed by atoms with Crippen molar-refractivity contribution in [2.45, 2.75) is 51.8 Å². The van der Waals surface area contributed by atoms with Crippen LogP contribution in [0, 0.1) is 0 Å². The van der Waals surface area contributed by atoms with Crippen molar-refractivity contribution < 1.29 is 5.11 Å². The van der Waals surface area contributed by atoms with Gasteiger partial charge in [0.25, 0.3) is 0 Å². The molecule has 1 aliphatic heterocycles. The molecule has 29 heavy (non-hydrogen) atoms. The third-order valence-electron chi connectivity index (χ3n) is 5.24. The van der Waals surface area contributed by atoms with E-state index < -0.39 is 0 Å². The predicted molar refractivity (Wildman–Crippen MR) is 132 cm³/mol. The number of hydrogen-bond acceptors (Lipinski definition) is 3. The number of benzene rings is 2. The first-order valence-electron chi connectivity index (χ1n) is 10.1. The normalized spacial score (nSPS) is 15.9. The lowest BCUT2D eigenvalue weighted by atomic mass is 10.0. The monoisotopic (exact) mass is 508 g/mol. The van der Waals surface area contributed by atoms with Gasteiger partial charge in [-0.2, -0.15) is 0 Å². The first-order chi connectivity index (χ1) is 13.5. The zero-order chi connectivity index (χ0) is 19.9. The molecule has 5 nitrogen and oxygen atoms in total. The summed E-state index contributed by atoms with van der Waals surface area (Å²) in [5, 5.41) is 12.8. The Bertz CT molecular complexity index is 784. The van der Waals surface area contributed by atoms with Crippen molar-refractivity contribution in [3.63, 3.8) is 0 Å². The third-order valence-corrected chi connectivity index (χ3v) is 5.24. The van der Waals surface area contributed by atoms with E-state index in [9.17, 15) is 5.11 Å². The van der Waals surface area contributed by atoms with Crippen LogP contribution in [0.2, 0.25) is 0 Å². The third kappa shape index (κ3) is 7.60. The Kier molecular flexibility index (Phi) is 9.39. The van der Waals surface area contributed by atoms with Crippen molar-refractivity contribution in [3.05, 3.63) is 65.2 Å². The standard InChI is InChI=1S/C23H32N4O.HI/c1-17(2)20-4-3-5-21(14-20)26-23(24)25-15-18-6-8-19(9-7-18)16-27-12-10-22(28)11-13-27;/h3-9,14,17,22,28H,10-13,15-16H2,1-2H3,(H3,24,25,26);1H. The summed E-state index contributed by atoms with van der Waals surface area (Å²) in [5.41, 5.74) is 10.7. The van der Waals surface area contributed by atoms with Gasteiger partial charge in [-0.3, -0.25) is 4.90 Å². The number of aliphatic imine (C=N–C) groups is 1. The van der Waals surface area contributed by atoms with Gasteiger partial charge in [-0.15, -0.1) is 24.0 Å². The molecule has 0 saturated carbocycles. The van der Waals surface area contributed by atoms with E-state index >= 15 is 0 Å². The van der Waals surface area contributed by atoms with Gasteiger partial charge < -0.3 is 16.2 Å². The molecule has 1 aliphatic rings. The number of guanidine groups is 1. The van der Waals surface area contributed by atoms with Crippen molar-refractivity contribution in [2.75, 3.05) is 18.4 Å². The SMILES string of the molecule is CC(C)c1cccc(NC(N)=NCc2ccc(CN3CCC(O)CC3)cc2)c1.I. The van der Waals surface area contributed by atoms with Crippen molar-refractivity contribution in [1.29, 1.82) is 0 Å². The maximum Gasteiger partial charge on any atom is 0.193 e. The molecule has 1 fully saturated rings. The van der Waals surface area contributed by atoms with Crippen LogP contribution < -0.4 is 11.1 Å². The fourth-order valence-electron chi connectivity index (χ4n) is 3.43. The number of aliphatic hydroxyl groups is 1. The molecule has 6 heteroatoms. The number of anilines is 1. The van der Waals surface area contributed by atoms with E-state index in [-0.39, 0.29) is 30.1 Å². The highest BCUT2D eigenvalue weighted by Crippen LogP contribution is 2.18. The Labute approximate surface area is 191 Å². The quantitative estimate of drug-likeness (QED) is 0.309. The highest BCUT2D eigenvalue weighted by atomic mass is 127. The smallest absolute Gasteiger partial charge is 0.193 e. The summed E-state index contributed by atoms with van der Waals surface area (Å²) in [7, 11) is 0. The molecule has 1 heterocycles. The highest BCUT2D eigenvalue weighted by molar-refractivity contribution is 14.0. The molecule has 0 unspecified atom stereocenters. The molecular weight excluding hydrogens is 475 g/mol. The topological polar surface area (TPSA) is 73.9 Å². The van der Waals surface area contributed by atoms with Gasteiger partial charge in [0, 0.05) is 25.3 Å². The second-order valence-electron chi connectivity index (χ2n) is 7.93. The molecule has 0 spiro atoms. The van der Waals surface area contributed by atoms with Gasteiger partial charge in [-0.05, 0) is 47.6 Å². The van der Waals surface area contributed by atoms with Gasteiger partial charge in [0.05, 0.1) is 12.6 Å². The van der Waals surface area contributed by atoms with Crippen LogP contribution >= 0.6 is 24.0 Å². The maximum atomic E-state index is 9.61. The minimum absolute atomic E-state index is 0. The first kappa shape index (κ1) is 23.6. The predicted octanol–water partition coefficient (Wildman–Crippen LogP) is 4.31. The highest BCUT2D eigenvalue weighted by Gasteiger charge is 2.16. The lowest BCUT2D eigenvalue weighted by molar-refractivity contribution is 0.0792. The number of hydrogen-bond donors (Lipinski definition) is 3. The van der Waals surface area contributed by atoms with E-state index in [1.54, 1.807) is 0 Å². The Balaban J connectivity index is 0.00000300. The van der Waals surface area contributed by atoms with Crippen molar-refractivity contribution in [2.24, 2.45) is 10.7 Å². The van der Waals surface area contributed by atoms with Crippen LogP contribution in [0.5, 0.6) is 0 Å². The van der Waals surface area contributed by atoms with Gasteiger partial charge in [0.15, 0.2) is 5.96 Å². The van der Waals surface area contributed by atoms with E-state index in [1.165, 1.54) is 11.1 Å². The molecule has 3 rings (SSSR count). The van der Waals surface area contributed by atoms with Crippen molar-refractivity contribution >= 4 is 35.6 Å². The molecule has 1 saturated heterocycles. The number of likely N-dealkylation sites (tertiary alicyclic amines) is 1. The van der Waals surface area contributed by atoms with E-state index in [1.807, 2.05) is 12.1 Å². The molecule has 2 aromatic carbocycles. The molecular formula is C23H33IN4O. The largest absolute Gasteiger partial charge is 0.393 e. The van der Waals surface area contributed by atoms with Gasteiger partial charge >= 0.3 is 0 Å². The van der Waals surface area contributed by atoms with Gasteiger partial charge in [0.1, 0.15) is 0 Å². The second kappa shape index (κ2) is 11.5. The van der Waals surface area contributed by atoms with Gasteiger partial charge in [0.2, 0.25) is 0 Å². The number of nitrogens with one attached hydrogen (secondary N) is 1. The van der Waals surface area contributed by atoms with Crippen LogP contribution in [-0.4, -0.2) is 35.2 Å². The molecule has 0 radical (unpaired) electrons. The zero-order valence-electron chi connectivity index (χ0n) is 17.3. The van der Waals surface area contributed by atoms with Crippen LogP contribution in [0.15, 0.2) is 53.5 Å². The molecule has 0 atom stereocenters. The summed E-state index contributed by atoms with van der Waals surface area (Å²) in [5.74, 6) is 0.908. The number of aliphatic hydroxyl groups excluding tert-OH is 1.